The normalized spacial score (nSPS) is 13.6. The molecule has 0 aliphatic heterocycles. The molecule has 1 aromatic rings. The summed E-state index contributed by atoms with van der Waals surface area (Å²) in [6, 6.07) is 4.60. The van der Waals surface area contributed by atoms with Crippen molar-refractivity contribution in [1.82, 2.24) is 4.72 Å². The Bertz CT molecular complexity index is 491. The van der Waals surface area contributed by atoms with E-state index in [0.717, 1.165) is 10.2 Å². The van der Waals surface area contributed by atoms with E-state index in [1.807, 2.05) is 13.2 Å². The molecule has 0 aliphatic rings. The lowest BCUT2D eigenvalue weighted by Gasteiger charge is -2.14. The Hall–Kier alpha value is -0.240. The van der Waals surface area contributed by atoms with E-state index in [0.29, 0.717) is 0 Å². The van der Waals surface area contributed by atoms with Crippen LogP contribution >= 0.6 is 27.7 Å². The molecule has 3 N–H and O–H groups in total. The largest absolute Gasteiger partial charge is 0.398 e. The monoisotopic (exact) mass is 338 g/mol. The first-order valence-electron chi connectivity index (χ1n) is 4.93. The summed E-state index contributed by atoms with van der Waals surface area (Å²) >= 11 is 4.83. The second kappa shape index (κ2) is 6.08. The first-order valence-corrected chi connectivity index (χ1v) is 8.60. The van der Waals surface area contributed by atoms with Crippen LogP contribution in [-0.2, 0) is 10.0 Å². The third kappa shape index (κ3) is 4.17. The molecule has 0 amide bonds. The Labute approximate surface area is 115 Å². The van der Waals surface area contributed by atoms with Crippen LogP contribution in [0.25, 0.3) is 0 Å². The molecular formula is C10H15BrN2O2S2. The molecule has 1 aromatic carbocycles. The van der Waals surface area contributed by atoms with Gasteiger partial charge >= 0.3 is 0 Å². The number of benzene rings is 1. The zero-order valence-electron chi connectivity index (χ0n) is 9.60. The minimum absolute atomic E-state index is 0.119. The number of anilines is 1. The molecule has 1 rings (SSSR count). The minimum Gasteiger partial charge on any atom is -0.398 e. The van der Waals surface area contributed by atoms with Crippen molar-refractivity contribution < 1.29 is 8.42 Å². The van der Waals surface area contributed by atoms with Crippen molar-refractivity contribution in [3.05, 3.63) is 22.7 Å². The molecule has 1 atom stereocenters. The maximum atomic E-state index is 12.0. The van der Waals surface area contributed by atoms with Gasteiger partial charge in [0.15, 0.2) is 0 Å². The predicted molar refractivity (Wildman–Crippen MR) is 76.7 cm³/mol. The Kier molecular flexibility index (Phi) is 5.30. The summed E-state index contributed by atoms with van der Waals surface area (Å²) in [5, 5.41) is 0. The Morgan fingerprint density at radius 3 is 2.71 bits per heavy atom. The summed E-state index contributed by atoms with van der Waals surface area (Å²) in [5.74, 6) is 0.718. The molecule has 96 valence electrons. The van der Waals surface area contributed by atoms with E-state index < -0.39 is 10.0 Å². The number of thioether (sulfide) groups is 1. The molecule has 0 saturated carbocycles. The summed E-state index contributed by atoms with van der Waals surface area (Å²) in [4.78, 5) is 0.119. The van der Waals surface area contributed by atoms with Gasteiger partial charge < -0.3 is 5.73 Å². The molecule has 1 unspecified atom stereocenters. The average molecular weight is 339 g/mol. The van der Waals surface area contributed by atoms with E-state index in [1.165, 1.54) is 6.07 Å². The van der Waals surface area contributed by atoms with Gasteiger partial charge in [0, 0.05) is 16.3 Å². The summed E-state index contributed by atoms with van der Waals surface area (Å²) in [5.41, 5.74) is 5.94. The zero-order valence-corrected chi connectivity index (χ0v) is 12.8. The van der Waals surface area contributed by atoms with Gasteiger partial charge in [0.25, 0.3) is 0 Å². The molecule has 0 spiro atoms. The van der Waals surface area contributed by atoms with E-state index in [2.05, 4.69) is 20.7 Å². The van der Waals surface area contributed by atoms with Gasteiger partial charge in [-0.15, -0.1) is 0 Å². The van der Waals surface area contributed by atoms with Crippen LogP contribution in [0.2, 0.25) is 0 Å². The molecule has 0 fully saturated rings. The third-order valence-corrected chi connectivity index (χ3v) is 5.02. The SMILES string of the molecule is CSCC(C)NS(=O)(=O)c1ccc(Br)cc1N. The van der Waals surface area contributed by atoms with Gasteiger partial charge in [0.05, 0.1) is 5.69 Å². The lowest BCUT2D eigenvalue weighted by Crippen LogP contribution is -2.34. The van der Waals surface area contributed by atoms with Crippen molar-refractivity contribution in [1.29, 1.82) is 0 Å². The number of nitrogens with one attached hydrogen (secondary N) is 1. The van der Waals surface area contributed by atoms with Gasteiger partial charge in [-0.2, -0.15) is 11.8 Å². The predicted octanol–water partition coefficient (Wildman–Crippen LogP) is 2.06. The number of sulfonamides is 1. The Morgan fingerprint density at radius 2 is 2.18 bits per heavy atom. The van der Waals surface area contributed by atoms with E-state index >= 15 is 0 Å². The van der Waals surface area contributed by atoms with Gasteiger partial charge in [-0.05, 0) is 31.4 Å². The number of rotatable bonds is 5. The van der Waals surface area contributed by atoms with Crippen LogP contribution in [0, 0.1) is 0 Å². The van der Waals surface area contributed by atoms with Crippen LogP contribution in [-0.4, -0.2) is 26.5 Å². The van der Waals surface area contributed by atoms with Crippen molar-refractivity contribution in [3.8, 4) is 0 Å². The van der Waals surface area contributed by atoms with Crippen LogP contribution in [0.1, 0.15) is 6.92 Å². The number of halogens is 1. The third-order valence-electron chi connectivity index (χ3n) is 2.03. The number of nitrogen functional groups attached to an aromatic ring is 1. The van der Waals surface area contributed by atoms with Crippen molar-refractivity contribution in [2.24, 2.45) is 0 Å². The fourth-order valence-electron chi connectivity index (χ4n) is 1.38. The minimum atomic E-state index is -3.54. The molecule has 7 heteroatoms. The van der Waals surface area contributed by atoms with Crippen LogP contribution in [0.15, 0.2) is 27.6 Å². The summed E-state index contributed by atoms with van der Waals surface area (Å²) in [7, 11) is -3.54. The molecule has 4 nitrogen and oxygen atoms in total. The Balaban J connectivity index is 2.97. The summed E-state index contributed by atoms with van der Waals surface area (Å²) < 4.78 is 27.4. The highest BCUT2D eigenvalue weighted by atomic mass is 79.9. The smallest absolute Gasteiger partial charge is 0.242 e. The molecule has 0 aromatic heterocycles. The summed E-state index contributed by atoms with van der Waals surface area (Å²) in [6.45, 7) is 1.82. The zero-order chi connectivity index (χ0) is 13.1. The second-order valence-corrected chi connectivity index (χ2v) is 7.17. The van der Waals surface area contributed by atoms with Gasteiger partial charge in [-0.3, -0.25) is 0 Å². The van der Waals surface area contributed by atoms with Crippen molar-refractivity contribution in [3.63, 3.8) is 0 Å². The van der Waals surface area contributed by atoms with Crippen molar-refractivity contribution >= 4 is 43.4 Å². The van der Waals surface area contributed by atoms with Crippen LogP contribution < -0.4 is 10.5 Å². The number of hydrogen-bond donors (Lipinski definition) is 2. The van der Waals surface area contributed by atoms with Gasteiger partial charge in [0.1, 0.15) is 4.90 Å². The molecular weight excluding hydrogens is 324 g/mol. The summed E-state index contributed by atoms with van der Waals surface area (Å²) in [6.07, 6.45) is 1.93. The maximum Gasteiger partial charge on any atom is 0.242 e. The Morgan fingerprint density at radius 1 is 1.53 bits per heavy atom. The topological polar surface area (TPSA) is 72.2 Å². The second-order valence-electron chi connectivity index (χ2n) is 3.66. The molecule has 0 heterocycles. The highest BCUT2D eigenvalue weighted by molar-refractivity contribution is 9.10. The molecule has 0 saturated heterocycles. The molecule has 17 heavy (non-hydrogen) atoms. The first-order chi connectivity index (χ1) is 7.86. The van der Waals surface area contributed by atoms with E-state index in [4.69, 9.17) is 5.73 Å². The van der Waals surface area contributed by atoms with E-state index in [1.54, 1.807) is 23.9 Å². The fourth-order valence-corrected chi connectivity index (χ4v) is 3.80. The van der Waals surface area contributed by atoms with Gasteiger partial charge in [0.2, 0.25) is 10.0 Å². The van der Waals surface area contributed by atoms with Gasteiger partial charge in [-0.1, -0.05) is 15.9 Å². The highest BCUT2D eigenvalue weighted by Gasteiger charge is 2.19. The van der Waals surface area contributed by atoms with Crippen molar-refractivity contribution in [2.75, 3.05) is 17.7 Å². The lowest BCUT2D eigenvalue weighted by atomic mass is 10.3. The fraction of sp³-hybridized carbons (Fsp3) is 0.400. The van der Waals surface area contributed by atoms with Gasteiger partial charge in [-0.25, -0.2) is 13.1 Å². The van der Waals surface area contributed by atoms with Crippen LogP contribution in [0.5, 0.6) is 0 Å². The lowest BCUT2D eigenvalue weighted by molar-refractivity contribution is 0.571. The van der Waals surface area contributed by atoms with Crippen molar-refractivity contribution in [2.45, 2.75) is 17.9 Å². The van der Waals surface area contributed by atoms with Crippen LogP contribution in [0.4, 0.5) is 5.69 Å². The molecule has 0 bridgehead atoms. The highest BCUT2D eigenvalue weighted by Crippen LogP contribution is 2.22. The van der Waals surface area contributed by atoms with E-state index in [9.17, 15) is 8.42 Å². The maximum absolute atomic E-state index is 12.0. The first kappa shape index (κ1) is 14.8. The number of hydrogen-bond acceptors (Lipinski definition) is 4. The number of nitrogens with two attached hydrogens (primary N) is 1. The molecule has 0 radical (unpaired) electrons. The average Bonchev–Trinajstić information content (AvgIpc) is 2.15. The quantitative estimate of drug-likeness (QED) is 0.806. The standard InChI is InChI=1S/C10H15BrN2O2S2/c1-7(6-16-2)13-17(14,15)10-4-3-8(11)5-9(10)12/h3-5,7,13H,6,12H2,1-2H3. The van der Waals surface area contributed by atoms with Crippen LogP contribution in [0.3, 0.4) is 0 Å². The van der Waals surface area contributed by atoms with E-state index in [-0.39, 0.29) is 16.6 Å². The molecule has 0 aliphatic carbocycles.